The minimum Gasteiger partial charge on any atom is -0.349 e. The monoisotopic (exact) mass is 437 g/mol. The van der Waals surface area contributed by atoms with Crippen LogP contribution in [0.2, 0.25) is 5.02 Å². The maximum atomic E-state index is 13.0. The fraction of sp³-hybridized carbons (Fsp3) is 0.444. The number of carbonyl (C=O) groups is 2. The maximum absolute atomic E-state index is 13.0. The number of nitrogens with zero attached hydrogens (tertiary/aromatic N) is 4. The molecule has 1 aromatic heterocycles. The summed E-state index contributed by atoms with van der Waals surface area (Å²) in [6.45, 7) is 2.10. The zero-order valence-electron chi connectivity index (χ0n) is 15.9. The van der Waals surface area contributed by atoms with E-state index in [0.29, 0.717) is 17.3 Å². The third-order valence-corrected chi connectivity index (χ3v) is 8.30. The van der Waals surface area contributed by atoms with Gasteiger partial charge in [-0.1, -0.05) is 16.8 Å². The van der Waals surface area contributed by atoms with E-state index >= 15 is 0 Å². The highest BCUT2D eigenvalue weighted by atomic mass is 35.5. The lowest BCUT2D eigenvalue weighted by atomic mass is 10.2. The standard InChI is InChI=1S/C18H20ClN5O4S/c1-11-16(25)23(2)10-15-14(21-22-24(11)15)9-20-17(26)18(7-8-18)29(27,28)13-5-3-12(19)4-6-13/h3-6,11H,7-10H2,1-2H3,(H,20,26). The largest absolute Gasteiger partial charge is 0.349 e. The molecule has 4 rings (SSSR count). The molecule has 9 nitrogen and oxygen atoms in total. The number of fused-ring (bicyclic) bond motifs is 1. The molecule has 2 heterocycles. The lowest BCUT2D eigenvalue weighted by molar-refractivity contribution is -0.135. The fourth-order valence-corrected chi connectivity index (χ4v) is 5.61. The van der Waals surface area contributed by atoms with E-state index in [9.17, 15) is 18.0 Å². The van der Waals surface area contributed by atoms with E-state index in [1.165, 1.54) is 24.3 Å². The second-order valence-corrected chi connectivity index (χ2v) is 10.1. The number of carbonyl (C=O) groups excluding carboxylic acids is 2. The van der Waals surface area contributed by atoms with Gasteiger partial charge in [-0.2, -0.15) is 0 Å². The first-order chi connectivity index (χ1) is 13.7. The SMILES string of the molecule is CC1C(=O)N(C)Cc2c(CNC(=O)C3(S(=O)(=O)c4ccc(Cl)cc4)CC3)nnn21. The van der Waals surface area contributed by atoms with Crippen molar-refractivity contribution in [3.8, 4) is 0 Å². The van der Waals surface area contributed by atoms with Gasteiger partial charge in [-0.3, -0.25) is 9.59 Å². The summed E-state index contributed by atoms with van der Waals surface area (Å²) < 4.78 is 26.1. The van der Waals surface area contributed by atoms with Crippen LogP contribution in [0, 0.1) is 0 Å². The van der Waals surface area contributed by atoms with Crippen molar-refractivity contribution >= 4 is 33.3 Å². The molecule has 11 heteroatoms. The summed E-state index contributed by atoms with van der Waals surface area (Å²) in [6, 6.07) is 5.33. The van der Waals surface area contributed by atoms with Gasteiger partial charge in [0, 0.05) is 12.1 Å². The van der Waals surface area contributed by atoms with E-state index in [4.69, 9.17) is 11.6 Å². The van der Waals surface area contributed by atoms with E-state index in [1.807, 2.05) is 0 Å². The van der Waals surface area contributed by atoms with E-state index in [-0.39, 0.29) is 30.2 Å². The van der Waals surface area contributed by atoms with Crippen LogP contribution in [0.3, 0.4) is 0 Å². The van der Waals surface area contributed by atoms with Gasteiger partial charge in [0.2, 0.25) is 11.8 Å². The Labute approximate surface area is 172 Å². The smallest absolute Gasteiger partial charge is 0.247 e. The van der Waals surface area contributed by atoms with Crippen LogP contribution in [0.1, 0.15) is 37.2 Å². The van der Waals surface area contributed by atoms with Crippen LogP contribution in [0.4, 0.5) is 0 Å². The van der Waals surface area contributed by atoms with Crippen molar-refractivity contribution in [2.75, 3.05) is 7.05 Å². The van der Waals surface area contributed by atoms with E-state index in [2.05, 4.69) is 15.6 Å². The van der Waals surface area contributed by atoms with E-state index < -0.39 is 26.5 Å². The zero-order chi connectivity index (χ0) is 21.0. The van der Waals surface area contributed by atoms with Gasteiger partial charge in [0.1, 0.15) is 11.7 Å². The summed E-state index contributed by atoms with van der Waals surface area (Å²) >= 11 is 5.84. The number of benzene rings is 1. The quantitative estimate of drug-likeness (QED) is 0.748. The second kappa shape index (κ2) is 6.81. The molecule has 1 unspecified atom stereocenters. The number of hydrogen-bond acceptors (Lipinski definition) is 6. The first kappa shape index (κ1) is 19.8. The highest BCUT2D eigenvalue weighted by molar-refractivity contribution is 7.94. The third kappa shape index (κ3) is 3.10. The Balaban J connectivity index is 1.52. The van der Waals surface area contributed by atoms with Crippen LogP contribution in [0.5, 0.6) is 0 Å². The molecular weight excluding hydrogens is 418 g/mol. The lowest BCUT2D eigenvalue weighted by Gasteiger charge is -2.28. The number of hydrogen-bond donors (Lipinski definition) is 1. The summed E-state index contributed by atoms with van der Waals surface area (Å²) in [5.74, 6) is -0.619. The van der Waals surface area contributed by atoms with Crippen molar-refractivity contribution in [1.82, 2.24) is 25.2 Å². The predicted molar refractivity (Wildman–Crippen MR) is 104 cm³/mol. The third-order valence-electron chi connectivity index (χ3n) is 5.53. The van der Waals surface area contributed by atoms with Gasteiger partial charge in [-0.15, -0.1) is 5.10 Å². The van der Waals surface area contributed by atoms with Crippen LogP contribution in [0.25, 0.3) is 0 Å². The Bertz CT molecular complexity index is 1090. The van der Waals surface area contributed by atoms with Gasteiger partial charge < -0.3 is 10.2 Å². The number of amides is 2. The van der Waals surface area contributed by atoms with Gasteiger partial charge >= 0.3 is 0 Å². The molecule has 2 aliphatic rings. The number of halogens is 1. The second-order valence-electron chi connectivity index (χ2n) is 7.43. The molecule has 0 saturated heterocycles. The highest BCUT2D eigenvalue weighted by Crippen LogP contribution is 2.47. The number of sulfone groups is 1. The molecule has 1 aromatic carbocycles. The average molecular weight is 438 g/mol. The minimum absolute atomic E-state index is 0.0425. The number of nitrogens with one attached hydrogen (secondary N) is 1. The van der Waals surface area contributed by atoms with E-state index in [0.717, 1.165) is 5.69 Å². The van der Waals surface area contributed by atoms with Crippen molar-refractivity contribution < 1.29 is 18.0 Å². The number of aromatic nitrogens is 3. The normalized spacial score (nSPS) is 20.3. The molecule has 1 aliphatic carbocycles. The van der Waals surface area contributed by atoms with Crippen LogP contribution < -0.4 is 5.32 Å². The molecule has 2 amide bonds. The van der Waals surface area contributed by atoms with Crippen LogP contribution in [-0.4, -0.2) is 51.9 Å². The van der Waals surface area contributed by atoms with Gasteiger partial charge in [0.05, 0.1) is 23.7 Å². The van der Waals surface area contributed by atoms with Gasteiger partial charge in [-0.25, -0.2) is 13.1 Å². The van der Waals surface area contributed by atoms with Crippen molar-refractivity contribution in [2.24, 2.45) is 0 Å². The molecule has 1 N–H and O–H groups in total. The van der Waals surface area contributed by atoms with Crippen LogP contribution in [0.15, 0.2) is 29.2 Å². The molecule has 0 radical (unpaired) electrons. The van der Waals surface area contributed by atoms with Crippen molar-refractivity contribution in [3.05, 3.63) is 40.7 Å². The summed E-state index contributed by atoms with van der Waals surface area (Å²) in [7, 11) is -2.15. The Kier molecular flexibility index (Phi) is 4.66. The summed E-state index contributed by atoms with van der Waals surface area (Å²) in [5, 5.41) is 11.2. The maximum Gasteiger partial charge on any atom is 0.247 e. The Morgan fingerprint density at radius 1 is 1.31 bits per heavy atom. The lowest BCUT2D eigenvalue weighted by Crippen LogP contribution is -2.42. The molecule has 29 heavy (non-hydrogen) atoms. The Hall–Kier alpha value is -2.46. The van der Waals surface area contributed by atoms with Gasteiger partial charge in [0.25, 0.3) is 0 Å². The molecule has 1 aliphatic heterocycles. The van der Waals surface area contributed by atoms with Crippen LogP contribution in [-0.2, 0) is 32.5 Å². The molecule has 154 valence electrons. The average Bonchev–Trinajstić information content (AvgIpc) is 3.42. The van der Waals surface area contributed by atoms with Crippen LogP contribution >= 0.6 is 11.6 Å². The Morgan fingerprint density at radius 2 is 1.97 bits per heavy atom. The molecule has 1 atom stereocenters. The Morgan fingerprint density at radius 3 is 2.59 bits per heavy atom. The zero-order valence-corrected chi connectivity index (χ0v) is 17.5. The van der Waals surface area contributed by atoms with Crippen molar-refractivity contribution in [3.63, 3.8) is 0 Å². The fourth-order valence-electron chi connectivity index (χ4n) is 3.58. The number of rotatable bonds is 5. The molecule has 0 bridgehead atoms. The van der Waals surface area contributed by atoms with Crippen molar-refractivity contribution in [2.45, 2.75) is 48.5 Å². The predicted octanol–water partition coefficient (Wildman–Crippen LogP) is 1.09. The van der Waals surface area contributed by atoms with Gasteiger partial charge in [-0.05, 0) is 44.0 Å². The van der Waals surface area contributed by atoms with Crippen molar-refractivity contribution in [1.29, 1.82) is 0 Å². The number of likely N-dealkylation sites (N-methyl/N-ethyl adjacent to an activating group) is 1. The molecule has 0 spiro atoms. The molecule has 1 fully saturated rings. The molecule has 1 saturated carbocycles. The molecule has 2 aromatic rings. The summed E-state index contributed by atoms with van der Waals surface area (Å²) in [6.07, 6.45) is 0.523. The minimum atomic E-state index is -3.84. The summed E-state index contributed by atoms with van der Waals surface area (Å²) in [4.78, 5) is 26.5. The van der Waals surface area contributed by atoms with E-state index in [1.54, 1.807) is 23.6 Å². The molecular formula is C18H20ClN5O4S. The first-order valence-electron chi connectivity index (χ1n) is 9.14. The topological polar surface area (TPSA) is 114 Å². The highest BCUT2D eigenvalue weighted by Gasteiger charge is 2.61. The first-order valence-corrected chi connectivity index (χ1v) is 11.0. The summed E-state index contributed by atoms with van der Waals surface area (Å²) in [5.41, 5.74) is 1.24. The van der Waals surface area contributed by atoms with Gasteiger partial charge in [0.15, 0.2) is 14.6 Å².